The van der Waals surface area contributed by atoms with Crippen molar-refractivity contribution in [2.24, 2.45) is 0 Å². The van der Waals surface area contributed by atoms with Gasteiger partial charge in [-0.3, -0.25) is 0 Å². The van der Waals surface area contributed by atoms with Crippen LogP contribution in [0.1, 0.15) is 19.4 Å². The molecule has 4 heteroatoms. The summed E-state index contributed by atoms with van der Waals surface area (Å²) in [6.45, 7) is 3.58. The van der Waals surface area contributed by atoms with E-state index in [1.165, 1.54) is 6.08 Å². The maximum absolute atomic E-state index is 11.2. The molecule has 0 aliphatic heterocycles. The van der Waals surface area contributed by atoms with Gasteiger partial charge in [0.15, 0.2) is 0 Å². The molecular weight excluding hydrogens is 247 g/mol. The Labute approximate surface area is 105 Å². The van der Waals surface area contributed by atoms with E-state index in [0.29, 0.717) is 15.6 Å². The molecule has 0 heterocycles. The molecule has 0 N–H and O–H groups in total. The minimum absolute atomic E-state index is 0.132. The summed E-state index contributed by atoms with van der Waals surface area (Å²) in [4.78, 5) is 11.2. The van der Waals surface area contributed by atoms with Crippen LogP contribution in [-0.4, -0.2) is 12.1 Å². The van der Waals surface area contributed by atoms with E-state index >= 15 is 0 Å². The van der Waals surface area contributed by atoms with Crippen molar-refractivity contribution >= 4 is 35.2 Å². The minimum Gasteiger partial charge on any atom is -0.460 e. The summed E-state index contributed by atoms with van der Waals surface area (Å²) < 4.78 is 4.94. The van der Waals surface area contributed by atoms with Gasteiger partial charge in [-0.25, -0.2) is 4.79 Å². The van der Waals surface area contributed by atoms with Crippen LogP contribution in [0.5, 0.6) is 0 Å². The zero-order valence-corrected chi connectivity index (χ0v) is 10.5. The van der Waals surface area contributed by atoms with Crippen LogP contribution < -0.4 is 0 Å². The summed E-state index contributed by atoms with van der Waals surface area (Å²) in [5.41, 5.74) is 0.690. The molecule has 0 fully saturated rings. The van der Waals surface area contributed by atoms with E-state index < -0.39 is 5.97 Å². The Morgan fingerprint density at radius 3 is 2.69 bits per heavy atom. The van der Waals surface area contributed by atoms with E-state index in [-0.39, 0.29) is 6.10 Å². The molecule has 0 amide bonds. The molecule has 2 nitrogen and oxygen atoms in total. The lowest BCUT2D eigenvalue weighted by molar-refractivity contribution is -0.141. The highest BCUT2D eigenvalue weighted by Crippen LogP contribution is 2.26. The molecule has 86 valence electrons. The van der Waals surface area contributed by atoms with Crippen LogP contribution in [-0.2, 0) is 9.53 Å². The number of carbonyl (C=O) groups excluding carboxylic acids is 1. The van der Waals surface area contributed by atoms with E-state index in [0.717, 1.165) is 0 Å². The van der Waals surface area contributed by atoms with E-state index in [9.17, 15) is 4.79 Å². The third-order valence-corrected chi connectivity index (χ3v) is 2.57. The lowest BCUT2D eigenvalue weighted by Gasteiger charge is -2.04. The maximum Gasteiger partial charge on any atom is 0.331 e. The molecule has 0 aliphatic rings. The van der Waals surface area contributed by atoms with Gasteiger partial charge in [-0.2, -0.15) is 0 Å². The van der Waals surface area contributed by atoms with Crippen molar-refractivity contribution in [2.75, 3.05) is 0 Å². The van der Waals surface area contributed by atoms with Crippen LogP contribution in [0.15, 0.2) is 24.3 Å². The number of hydrogen-bond donors (Lipinski definition) is 0. The second kappa shape index (κ2) is 5.92. The summed E-state index contributed by atoms with van der Waals surface area (Å²) in [7, 11) is 0. The molecule has 1 rings (SSSR count). The van der Waals surface area contributed by atoms with Gasteiger partial charge in [0, 0.05) is 6.08 Å². The second-order valence-electron chi connectivity index (χ2n) is 3.46. The summed E-state index contributed by atoms with van der Waals surface area (Å²) in [6.07, 6.45) is 2.78. The predicted octanol–water partition coefficient (Wildman–Crippen LogP) is 3.96. The molecule has 0 aliphatic carbocycles. The number of benzene rings is 1. The summed E-state index contributed by atoms with van der Waals surface area (Å²) in [5.74, 6) is -0.397. The first kappa shape index (κ1) is 13.1. The molecule has 0 saturated heterocycles. The van der Waals surface area contributed by atoms with Crippen LogP contribution in [0.2, 0.25) is 10.0 Å². The summed E-state index contributed by atoms with van der Waals surface area (Å²) >= 11 is 11.8. The molecule has 0 spiro atoms. The van der Waals surface area contributed by atoms with E-state index in [1.807, 2.05) is 0 Å². The van der Waals surface area contributed by atoms with Crippen molar-refractivity contribution in [1.82, 2.24) is 0 Å². The Balaban J connectivity index is 2.77. The highest BCUT2D eigenvalue weighted by molar-refractivity contribution is 6.42. The number of hydrogen-bond acceptors (Lipinski definition) is 2. The van der Waals surface area contributed by atoms with Gasteiger partial charge in [-0.1, -0.05) is 35.3 Å². The van der Waals surface area contributed by atoms with E-state index in [1.54, 1.807) is 38.1 Å². The Morgan fingerprint density at radius 1 is 1.38 bits per heavy atom. The standard InChI is InChI=1S/C12H12Cl2O2/c1-8(2)16-11(15)7-6-9-4-3-5-10(13)12(9)14/h3-8H,1-2H3/b7-6+. The van der Waals surface area contributed by atoms with E-state index in [2.05, 4.69) is 0 Å². The van der Waals surface area contributed by atoms with Gasteiger partial charge in [0.1, 0.15) is 0 Å². The van der Waals surface area contributed by atoms with Gasteiger partial charge in [-0.05, 0) is 31.6 Å². The van der Waals surface area contributed by atoms with Crippen LogP contribution in [0, 0.1) is 0 Å². The number of carbonyl (C=O) groups is 1. The van der Waals surface area contributed by atoms with Crippen molar-refractivity contribution in [3.63, 3.8) is 0 Å². The Hall–Kier alpha value is -0.990. The topological polar surface area (TPSA) is 26.3 Å². The van der Waals surface area contributed by atoms with Crippen molar-refractivity contribution < 1.29 is 9.53 Å². The SMILES string of the molecule is CC(C)OC(=O)/C=C/c1cccc(Cl)c1Cl. The fourth-order valence-corrected chi connectivity index (χ4v) is 1.45. The highest BCUT2D eigenvalue weighted by Gasteiger charge is 2.03. The Kier molecular flexibility index (Phi) is 4.84. The van der Waals surface area contributed by atoms with Gasteiger partial charge >= 0.3 is 5.97 Å². The zero-order valence-electron chi connectivity index (χ0n) is 9.04. The van der Waals surface area contributed by atoms with Crippen LogP contribution in [0.3, 0.4) is 0 Å². The van der Waals surface area contributed by atoms with Crippen LogP contribution in [0.25, 0.3) is 6.08 Å². The van der Waals surface area contributed by atoms with Crippen molar-refractivity contribution in [3.8, 4) is 0 Å². The number of esters is 1. The normalized spacial score (nSPS) is 11.1. The number of rotatable bonds is 3. The molecule has 0 saturated carbocycles. The molecule has 1 aromatic rings. The monoisotopic (exact) mass is 258 g/mol. The van der Waals surface area contributed by atoms with Crippen molar-refractivity contribution in [3.05, 3.63) is 39.9 Å². The van der Waals surface area contributed by atoms with Gasteiger partial charge in [0.25, 0.3) is 0 Å². The number of ether oxygens (including phenoxy) is 1. The third-order valence-electron chi connectivity index (χ3n) is 1.73. The fraction of sp³-hybridized carbons (Fsp3) is 0.250. The van der Waals surface area contributed by atoms with Crippen LogP contribution in [0.4, 0.5) is 0 Å². The molecule has 0 radical (unpaired) electrons. The Morgan fingerprint density at radius 2 is 2.06 bits per heavy atom. The second-order valence-corrected chi connectivity index (χ2v) is 4.25. The lowest BCUT2D eigenvalue weighted by Crippen LogP contribution is -2.08. The first-order chi connectivity index (χ1) is 7.50. The van der Waals surface area contributed by atoms with E-state index in [4.69, 9.17) is 27.9 Å². The smallest absolute Gasteiger partial charge is 0.331 e. The fourth-order valence-electron chi connectivity index (χ4n) is 1.08. The quantitative estimate of drug-likeness (QED) is 0.606. The molecule has 0 aromatic heterocycles. The molecular formula is C12H12Cl2O2. The summed E-state index contributed by atoms with van der Waals surface area (Å²) in [6, 6.07) is 5.22. The van der Waals surface area contributed by atoms with Gasteiger partial charge in [-0.15, -0.1) is 0 Å². The molecule has 0 bridgehead atoms. The van der Waals surface area contributed by atoms with Gasteiger partial charge in [0.2, 0.25) is 0 Å². The number of halogens is 2. The van der Waals surface area contributed by atoms with Gasteiger partial charge < -0.3 is 4.74 Å². The zero-order chi connectivity index (χ0) is 12.1. The Bertz CT molecular complexity index is 411. The van der Waals surface area contributed by atoms with Crippen molar-refractivity contribution in [1.29, 1.82) is 0 Å². The average molecular weight is 259 g/mol. The first-order valence-electron chi connectivity index (χ1n) is 4.83. The molecule has 0 unspecified atom stereocenters. The average Bonchev–Trinajstić information content (AvgIpc) is 2.19. The minimum atomic E-state index is -0.397. The highest BCUT2D eigenvalue weighted by atomic mass is 35.5. The first-order valence-corrected chi connectivity index (χ1v) is 5.59. The van der Waals surface area contributed by atoms with Crippen molar-refractivity contribution in [2.45, 2.75) is 20.0 Å². The van der Waals surface area contributed by atoms with Gasteiger partial charge in [0.05, 0.1) is 16.1 Å². The molecule has 1 aromatic carbocycles. The molecule has 0 atom stereocenters. The van der Waals surface area contributed by atoms with Crippen LogP contribution >= 0.6 is 23.2 Å². The maximum atomic E-state index is 11.2. The predicted molar refractivity (Wildman–Crippen MR) is 66.7 cm³/mol. The summed E-state index contributed by atoms with van der Waals surface area (Å²) in [5, 5.41) is 0.888. The molecule has 16 heavy (non-hydrogen) atoms. The third kappa shape index (κ3) is 3.87. The largest absolute Gasteiger partial charge is 0.460 e. The lowest BCUT2D eigenvalue weighted by atomic mass is 10.2.